The molecule has 0 saturated heterocycles. The Hall–Kier alpha value is -2.81. The van der Waals surface area contributed by atoms with Crippen molar-refractivity contribution < 1.29 is 19.4 Å². The molecule has 1 unspecified atom stereocenters. The Balaban J connectivity index is 1.83. The van der Waals surface area contributed by atoms with Crippen LogP contribution in [-0.2, 0) is 4.79 Å². The summed E-state index contributed by atoms with van der Waals surface area (Å²) in [5, 5.41) is 13.0. The van der Waals surface area contributed by atoms with E-state index in [1.807, 2.05) is 0 Å². The van der Waals surface area contributed by atoms with Gasteiger partial charge in [-0.3, -0.25) is 14.5 Å². The van der Waals surface area contributed by atoms with Crippen molar-refractivity contribution in [2.75, 3.05) is 12.0 Å². The third-order valence-corrected chi connectivity index (χ3v) is 7.63. The summed E-state index contributed by atoms with van der Waals surface area (Å²) in [6.07, 6.45) is 5.00. The number of carbonyl (C=O) groups excluding carboxylic acids is 2. The second-order valence-corrected chi connectivity index (χ2v) is 10.1. The summed E-state index contributed by atoms with van der Waals surface area (Å²) in [5.41, 5.74) is 0.898. The van der Waals surface area contributed by atoms with E-state index in [0.29, 0.717) is 17.0 Å². The van der Waals surface area contributed by atoms with Gasteiger partial charge in [0.05, 0.1) is 7.11 Å². The topological polar surface area (TPSA) is 91.8 Å². The first-order valence-electron chi connectivity index (χ1n) is 11.3. The normalized spacial score (nSPS) is 14.8. The van der Waals surface area contributed by atoms with Crippen LogP contribution in [0.5, 0.6) is 11.5 Å². The highest BCUT2D eigenvalue weighted by atomic mass is 35.5. The number of rotatable bonds is 7. The van der Waals surface area contributed by atoms with Crippen LogP contribution >= 0.6 is 34.7 Å². The molecular formula is C25H25Cl2N3O4S. The highest BCUT2D eigenvalue weighted by Gasteiger charge is 2.37. The van der Waals surface area contributed by atoms with E-state index in [0.717, 1.165) is 43.6 Å². The second kappa shape index (κ2) is 11.3. The number of hydrogen-bond acceptors (Lipinski definition) is 6. The molecule has 35 heavy (non-hydrogen) atoms. The van der Waals surface area contributed by atoms with E-state index in [2.05, 4.69) is 9.69 Å². The summed E-state index contributed by atoms with van der Waals surface area (Å²) in [6, 6.07) is 12.0. The lowest BCUT2D eigenvalue weighted by Crippen LogP contribution is -2.47. The van der Waals surface area contributed by atoms with Crippen LogP contribution in [0.3, 0.4) is 0 Å². The van der Waals surface area contributed by atoms with Gasteiger partial charge in [0, 0.05) is 17.8 Å². The maximum Gasteiger partial charge on any atom is 0.280 e. The van der Waals surface area contributed by atoms with Crippen molar-refractivity contribution in [1.82, 2.24) is 9.69 Å². The number of aromatic hydroxyl groups is 1. The monoisotopic (exact) mass is 533 g/mol. The van der Waals surface area contributed by atoms with Gasteiger partial charge < -0.3 is 15.2 Å². The number of ether oxygens (including phenoxy) is 1. The van der Waals surface area contributed by atoms with Gasteiger partial charge in [0.1, 0.15) is 26.9 Å². The van der Waals surface area contributed by atoms with Crippen molar-refractivity contribution in [3.05, 3.63) is 69.1 Å². The summed E-state index contributed by atoms with van der Waals surface area (Å²) in [7, 11) is 1.52. The largest absolute Gasteiger partial charge is 0.508 e. The molecule has 2 aromatic carbocycles. The molecule has 3 aromatic rings. The molecule has 0 spiro atoms. The van der Waals surface area contributed by atoms with Gasteiger partial charge in [-0.05, 0) is 54.2 Å². The zero-order valence-corrected chi connectivity index (χ0v) is 21.4. The average Bonchev–Trinajstić information content (AvgIpc) is 3.21. The highest BCUT2D eigenvalue weighted by Crippen LogP contribution is 2.36. The Kier molecular flexibility index (Phi) is 8.15. The molecule has 0 bridgehead atoms. The number of nitrogens with one attached hydrogen (secondary N) is 1. The van der Waals surface area contributed by atoms with E-state index in [-0.39, 0.29) is 32.8 Å². The number of amides is 2. The molecular weight excluding hydrogens is 509 g/mol. The number of phenols is 1. The van der Waals surface area contributed by atoms with Crippen molar-refractivity contribution in [2.24, 2.45) is 0 Å². The van der Waals surface area contributed by atoms with Crippen LogP contribution in [0.2, 0.25) is 9.36 Å². The number of methoxy groups -OCH3 is 1. The second-order valence-electron chi connectivity index (χ2n) is 8.33. The Morgan fingerprint density at radius 2 is 1.86 bits per heavy atom. The zero-order chi connectivity index (χ0) is 24.9. The smallest absolute Gasteiger partial charge is 0.280 e. The minimum absolute atomic E-state index is 0.0235. The standard InChI is InChI=1S/C25H25Cl2N3O4S/c1-34-19-9-5-8-17(14-19)30(25(33)21-20(26)23(27)35-29-21)22(15-10-12-18(31)13-11-15)24(32)28-16-6-3-2-4-7-16/h5,8-14,16,22,31H,2-4,6-7H2,1H3,(H,28,32). The third kappa shape index (κ3) is 5.72. The number of nitrogens with zero attached hydrogens (tertiary/aromatic N) is 2. The molecule has 184 valence electrons. The van der Waals surface area contributed by atoms with Gasteiger partial charge in [-0.15, -0.1) is 0 Å². The van der Waals surface area contributed by atoms with Crippen molar-refractivity contribution in [2.45, 2.75) is 44.2 Å². The van der Waals surface area contributed by atoms with Gasteiger partial charge in [0.15, 0.2) is 5.69 Å². The van der Waals surface area contributed by atoms with Crippen LogP contribution in [-0.4, -0.2) is 34.4 Å². The molecule has 1 aliphatic rings. The van der Waals surface area contributed by atoms with Crippen molar-refractivity contribution >= 4 is 52.2 Å². The first kappa shape index (κ1) is 25.3. The molecule has 1 fully saturated rings. The predicted octanol–water partition coefficient (Wildman–Crippen LogP) is 6.00. The van der Waals surface area contributed by atoms with Crippen LogP contribution in [0.1, 0.15) is 54.2 Å². The Bertz CT molecular complexity index is 1200. The van der Waals surface area contributed by atoms with E-state index in [9.17, 15) is 14.7 Å². The quantitative estimate of drug-likeness (QED) is 0.388. The molecule has 7 nitrogen and oxygen atoms in total. The number of anilines is 1. The van der Waals surface area contributed by atoms with Gasteiger partial charge in [0.25, 0.3) is 5.91 Å². The molecule has 4 rings (SSSR count). The number of hydrogen-bond donors (Lipinski definition) is 2. The molecule has 0 aliphatic heterocycles. The van der Waals surface area contributed by atoms with E-state index in [1.54, 1.807) is 36.4 Å². The molecule has 0 radical (unpaired) electrons. The third-order valence-electron chi connectivity index (χ3n) is 6.02. The fourth-order valence-electron chi connectivity index (χ4n) is 4.25. The average molecular weight is 534 g/mol. The Morgan fingerprint density at radius 3 is 2.49 bits per heavy atom. The molecule has 1 aliphatic carbocycles. The summed E-state index contributed by atoms with van der Waals surface area (Å²) >= 11 is 13.3. The molecule has 10 heteroatoms. The number of carbonyl (C=O) groups is 2. The van der Waals surface area contributed by atoms with E-state index in [1.165, 1.54) is 24.1 Å². The fraction of sp³-hybridized carbons (Fsp3) is 0.320. The lowest BCUT2D eigenvalue weighted by molar-refractivity contribution is -0.123. The molecule has 1 heterocycles. The number of halogens is 2. The van der Waals surface area contributed by atoms with Crippen LogP contribution in [0, 0.1) is 0 Å². The van der Waals surface area contributed by atoms with Gasteiger partial charge in [-0.2, -0.15) is 4.37 Å². The first-order chi connectivity index (χ1) is 16.9. The lowest BCUT2D eigenvalue weighted by Gasteiger charge is -2.33. The zero-order valence-electron chi connectivity index (χ0n) is 19.0. The Labute approximate surface area is 217 Å². The van der Waals surface area contributed by atoms with E-state index < -0.39 is 11.9 Å². The summed E-state index contributed by atoms with van der Waals surface area (Å²) < 4.78 is 9.71. The summed E-state index contributed by atoms with van der Waals surface area (Å²) in [4.78, 5) is 29.1. The fourth-order valence-corrected chi connectivity index (χ4v) is 5.24. The maximum atomic E-state index is 13.9. The highest BCUT2D eigenvalue weighted by molar-refractivity contribution is 7.11. The van der Waals surface area contributed by atoms with E-state index in [4.69, 9.17) is 27.9 Å². The van der Waals surface area contributed by atoms with Gasteiger partial charge in [-0.1, -0.05) is 60.7 Å². The summed E-state index contributed by atoms with van der Waals surface area (Å²) in [6.45, 7) is 0. The van der Waals surface area contributed by atoms with Gasteiger partial charge in [-0.25, -0.2) is 0 Å². The van der Waals surface area contributed by atoms with Crippen LogP contribution in [0.25, 0.3) is 0 Å². The van der Waals surface area contributed by atoms with Gasteiger partial charge in [0.2, 0.25) is 5.91 Å². The van der Waals surface area contributed by atoms with Crippen LogP contribution in [0.15, 0.2) is 48.5 Å². The predicted molar refractivity (Wildman–Crippen MR) is 138 cm³/mol. The minimum Gasteiger partial charge on any atom is -0.508 e. The SMILES string of the molecule is COc1cccc(N(C(=O)c2nsc(Cl)c2Cl)C(C(=O)NC2CCCCC2)c2ccc(O)cc2)c1. The first-order valence-corrected chi connectivity index (χ1v) is 12.8. The van der Waals surface area contributed by atoms with Crippen molar-refractivity contribution in [3.63, 3.8) is 0 Å². The van der Waals surface area contributed by atoms with E-state index >= 15 is 0 Å². The molecule has 2 amide bonds. The minimum atomic E-state index is -1.06. The van der Waals surface area contributed by atoms with Gasteiger partial charge >= 0.3 is 0 Å². The molecule has 1 atom stereocenters. The lowest BCUT2D eigenvalue weighted by atomic mass is 9.94. The molecule has 1 saturated carbocycles. The van der Waals surface area contributed by atoms with Crippen molar-refractivity contribution in [1.29, 1.82) is 0 Å². The summed E-state index contributed by atoms with van der Waals surface area (Å²) in [5.74, 6) is -0.354. The molecule has 2 N–H and O–H groups in total. The molecule has 1 aromatic heterocycles. The van der Waals surface area contributed by atoms with Crippen LogP contribution < -0.4 is 15.0 Å². The van der Waals surface area contributed by atoms with Crippen LogP contribution in [0.4, 0.5) is 5.69 Å². The number of aromatic nitrogens is 1. The maximum absolute atomic E-state index is 13.9. The Morgan fingerprint density at radius 1 is 1.14 bits per heavy atom. The number of benzene rings is 2. The number of phenolic OH excluding ortho intramolecular Hbond substituents is 1. The van der Waals surface area contributed by atoms with Crippen molar-refractivity contribution in [3.8, 4) is 11.5 Å².